The number of anilines is 1. The Labute approximate surface area is 90.3 Å². The van der Waals surface area contributed by atoms with Crippen molar-refractivity contribution in [1.82, 2.24) is 4.90 Å². The van der Waals surface area contributed by atoms with E-state index in [9.17, 15) is 0 Å². The Kier molecular flexibility index (Phi) is 2.89. The summed E-state index contributed by atoms with van der Waals surface area (Å²) in [6, 6.07) is 10.3. The maximum absolute atomic E-state index is 8.67. The lowest BCUT2D eigenvalue weighted by molar-refractivity contribution is 0.414. The van der Waals surface area contributed by atoms with Crippen LogP contribution < -0.4 is 5.32 Å². The Balaban J connectivity index is 1.96. The highest BCUT2D eigenvalue weighted by atomic mass is 15.2. The molecule has 3 nitrogen and oxygen atoms in total. The van der Waals surface area contributed by atoms with Crippen molar-refractivity contribution in [2.75, 3.05) is 25.5 Å². The molecule has 15 heavy (non-hydrogen) atoms. The zero-order valence-electron chi connectivity index (χ0n) is 8.90. The number of hydrogen-bond acceptors (Lipinski definition) is 3. The molecular weight excluding hydrogens is 186 g/mol. The fraction of sp³-hybridized carbons (Fsp3) is 0.417. The predicted molar refractivity (Wildman–Crippen MR) is 60.7 cm³/mol. The van der Waals surface area contributed by atoms with E-state index in [0.29, 0.717) is 11.6 Å². The van der Waals surface area contributed by atoms with Gasteiger partial charge in [-0.15, -0.1) is 0 Å². The van der Waals surface area contributed by atoms with Gasteiger partial charge in [-0.05, 0) is 44.3 Å². The van der Waals surface area contributed by atoms with Crippen molar-refractivity contribution in [1.29, 1.82) is 5.26 Å². The molecule has 0 spiro atoms. The quantitative estimate of drug-likeness (QED) is 0.791. The Morgan fingerprint density at radius 3 is 2.67 bits per heavy atom. The van der Waals surface area contributed by atoms with Gasteiger partial charge in [0.15, 0.2) is 0 Å². The minimum absolute atomic E-state index is 0.544. The molecule has 1 aliphatic rings. The number of benzene rings is 1. The second-order valence-corrected chi connectivity index (χ2v) is 4.08. The number of nitrogens with zero attached hydrogens (tertiary/aromatic N) is 2. The molecule has 0 saturated carbocycles. The molecule has 1 heterocycles. The van der Waals surface area contributed by atoms with Crippen LogP contribution in [0.1, 0.15) is 12.0 Å². The average Bonchev–Trinajstić information content (AvgIpc) is 2.65. The molecule has 3 heteroatoms. The van der Waals surface area contributed by atoms with Gasteiger partial charge in [-0.3, -0.25) is 0 Å². The van der Waals surface area contributed by atoms with Crippen LogP contribution in [0.5, 0.6) is 0 Å². The number of rotatable bonds is 2. The third-order valence-electron chi connectivity index (χ3n) is 2.78. The van der Waals surface area contributed by atoms with Crippen LogP contribution in [0.2, 0.25) is 0 Å². The summed E-state index contributed by atoms with van der Waals surface area (Å²) in [5, 5.41) is 12.1. The van der Waals surface area contributed by atoms with Gasteiger partial charge in [-0.25, -0.2) is 0 Å². The van der Waals surface area contributed by atoms with Gasteiger partial charge in [-0.1, -0.05) is 0 Å². The molecule has 78 valence electrons. The predicted octanol–water partition coefficient (Wildman–Crippen LogP) is 1.67. The van der Waals surface area contributed by atoms with Crippen molar-refractivity contribution in [3.05, 3.63) is 29.8 Å². The molecule has 0 unspecified atom stereocenters. The molecule has 0 aromatic heterocycles. The van der Waals surface area contributed by atoms with Gasteiger partial charge in [-0.2, -0.15) is 5.26 Å². The van der Waals surface area contributed by atoms with Crippen LogP contribution in [0.3, 0.4) is 0 Å². The SMILES string of the molecule is CN1CC[C@@H](Nc2ccc(C#N)cc2)C1. The standard InChI is InChI=1S/C12H15N3/c1-15-7-6-12(9-15)14-11-4-2-10(8-13)3-5-11/h2-5,12,14H,6-7,9H2,1H3/t12-/m1/s1. The van der Waals surface area contributed by atoms with Crippen molar-refractivity contribution in [3.63, 3.8) is 0 Å². The van der Waals surface area contributed by atoms with Crippen molar-refractivity contribution < 1.29 is 0 Å². The van der Waals surface area contributed by atoms with E-state index in [1.807, 2.05) is 24.3 Å². The number of nitriles is 1. The van der Waals surface area contributed by atoms with Crippen molar-refractivity contribution >= 4 is 5.69 Å². The van der Waals surface area contributed by atoms with Crippen LogP contribution in [0, 0.1) is 11.3 Å². The van der Waals surface area contributed by atoms with Crippen LogP contribution in [0.4, 0.5) is 5.69 Å². The van der Waals surface area contributed by atoms with Gasteiger partial charge >= 0.3 is 0 Å². The lowest BCUT2D eigenvalue weighted by atomic mass is 10.2. The minimum Gasteiger partial charge on any atom is -0.381 e. The summed E-state index contributed by atoms with van der Waals surface area (Å²) < 4.78 is 0. The third kappa shape index (κ3) is 2.48. The molecule has 0 aliphatic carbocycles. The fourth-order valence-electron chi connectivity index (χ4n) is 1.93. The number of nitrogens with one attached hydrogen (secondary N) is 1. The summed E-state index contributed by atoms with van der Waals surface area (Å²) in [5.74, 6) is 0. The normalized spacial score (nSPS) is 21.2. The van der Waals surface area contributed by atoms with E-state index in [2.05, 4.69) is 23.3 Å². The molecule has 1 aromatic rings. The molecule has 1 fully saturated rings. The first-order valence-electron chi connectivity index (χ1n) is 5.23. The summed E-state index contributed by atoms with van der Waals surface area (Å²) in [5.41, 5.74) is 1.82. The topological polar surface area (TPSA) is 39.1 Å². The molecule has 0 amide bonds. The smallest absolute Gasteiger partial charge is 0.0991 e. The minimum atomic E-state index is 0.544. The summed E-state index contributed by atoms with van der Waals surface area (Å²) in [6.45, 7) is 2.26. The molecule has 2 rings (SSSR count). The van der Waals surface area contributed by atoms with E-state index in [1.54, 1.807) is 0 Å². The zero-order chi connectivity index (χ0) is 10.7. The van der Waals surface area contributed by atoms with E-state index < -0.39 is 0 Å². The zero-order valence-corrected chi connectivity index (χ0v) is 8.90. The van der Waals surface area contributed by atoms with Gasteiger partial charge in [0, 0.05) is 18.3 Å². The molecule has 1 N–H and O–H groups in total. The number of likely N-dealkylation sites (N-methyl/N-ethyl adjacent to an activating group) is 1. The van der Waals surface area contributed by atoms with Crippen molar-refractivity contribution in [2.45, 2.75) is 12.5 Å². The highest BCUT2D eigenvalue weighted by molar-refractivity contribution is 5.48. The monoisotopic (exact) mass is 201 g/mol. The van der Waals surface area contributed by atoms with Gasteiger partial charge in [0.05, 0.1) is 11.6 Å². The Morgan fingerprint density at radius 1 is 1.40 bits per heavy atom. The van der Waals surface area contributed by atoms with Crippen LogP contribution in [-0.4, -0.2) is 31.1 Å². The van der Waals surface area contributed by atoms with Crippen molar-refractivity contribution in [2.24, 2.45) is 0 Å². The number of hydrogen-bond donors (Lipinski definition) is 1. The molecule has 1 atom stereocenters. The van der Waals surface area contributed by atoms with Crippen LogP contribution >= 0.6 is 0 Å². The van der Waals surface area contributed by atoms with Gasteiger partial charge < -0.3 is 10.2 Å². The van der Waals surface area contributed by atoms with E-state index >= 15 is 0 Å². The lowest BCUT2D eigenvalue weighted by Crippen LogP contribution is -2.23. The molecule has 0 bridgehead atoms. The van der Waals surface area contributed by atoms with Gasteiger partial charge in [0.25, 0.3) is 0 Å². The molecule has 0 radical (unpaired) electrons. The van der Waals surface area contributed by atoms with E-state index in [-0.39, 0.29) is 0 Å². The molecule has 1 aromatic carbocycles. The Morgan fingerprint density at radius 2 is 2.13 bits per heavy atom. The first kappa shape index (κ1) is 10.0. The summed E-state index contributed by atoms with van der Waals surface area (Å²) in [6.07, 6.45) is 1.19. The second-order valence-electron chi connectivity index (χ2n) is 4.08. The maximum Gasteiger partial charge on any atom is 0.0991 e. The largest absolute Gasteiger partial charge is 0.381 e. The van der Waals surface area contributed by atoms with E-state index in [4.69, 9.17) is 5.26 Å². The number of likely N-dealkylation sites (tertiary alicyclic amines) is 1. The average molecular weight is 201 g/mol. The highest BCUT2D eigenvalue weighted by Crippen LogP contribution is 2.15. The van der Waals surface area contributed by atoms with Crippen LogP contribution in [0.15, 0.2) is 24.3 Å². The molecular formula is C12H15N3. The van der Waals surface area contributed by atoms with Crippen LogP contribution in [-0.2, 0) is 0 Å². The van der Waals surface area contributed by atoms with E-state index in [0.717, 1.165) is 18.8 Å². The van der Waals surface area contributed by atoms with Crippen molar-refractivity contribution in [3.8, 4) is 6.07 Å². The van der Waals surface area contributed by atoms with Gasteiger partial charge in [0.2, 0.25) is 0 Å². The van der Waals surface area contributed by atoms with E-state index in [1.165, 1.54) is 6.42 Å². The second kappa shape index (κ2) is 4.33. The van der Waals surface area contributed by atoms with Crippen LogP contribution in [0.25, 0.3) is 0 Å². The maximum atomic E-state index is 8.67. The first-order valence-corrected chi connectivity index (χ1v) is 5.23. The summed E-state index contributed by atoms with van der Waals surface area (Å²) in [7, 11) is 2.14. The molecule has 1 saturated heterocycles. The van der Waals surface area contributed by atoms with Gasteiger partial charge in [0.1, 0.15) is 0 Å². The summed E-state index contributed by atoms with van der Waals surface area (Å²) >= 11 is 0. The highest BCUT2D eigenvalue weighted by Gasteiger charge is 2.18. The fourth-order valence-corrected chi connectivity index (χ4v) is 1.93. The third-order valence-corrected chi connectivity index (χ3v) is 2.78. The molecule has 1 aliphatic heterocycles. The summed E-state index contributed by atoms with van der Waals surface area (Å²) in [4.78, 5) is 2.32. The Hall–Kier alpha value is -1.53. The lowest BCUT2D eigenvalue weighted by Gasteiger charge is -2.13. The first-order chi connectivity index (χ1) is 7.28. The Bertz CT molecular complexity index is 363.